The third-order valence-corrected chi connectivity index (χ3v) is 7.38. The van der Waals surface area contributed by atoms with Crippen LogP contribution in [0.5, 0.6) is 23.0 Å². The number of carbonyl (C=O) groups is 1. The summed E-state index contributed by atoms with van der Waals surface area (Å²) in [6.45, 7) is 5.45. The van der Waals surface area contributed by atoms with Gasteiger partial charge in [-0.25, -0.2) is 4.21 Å². The molecule has 1 unspecified atom stereocenters. The van der Waals surface area contributed by atoms with E-state index in [0.717, 1.165) is 16.3 Å². The largest absolute Gasteiger partial charge is 0.507 e. The molecule has 0 aliphatic rings. The highest BCUT2D eigenvalue weighted by Crippen LogP contribution is 2.43. The number of benzene rings is 5. The van der Waals surface area contributed by atoms with Gasteiger partial charge in [0.15, 0.2) is 16.8 Å². The number of ether oxygens (including phenoxy) is 2. The van der Waals surface area contributed by atoms with Crippen LogP contribution in [0.2, 0.25) is 0 Å². The highest BCUT2D eigenvalue weighted by Gasteiger charge is 2.17. The zero-order valence-corrected chi connectivity index (χ0v) is 24.4. The standard InChI is InChI=1S/C32H29N3O7S/c1-18-14-21-16-24(43(39)40)17-27(33-20(3)36)29(21)32(38)30(18)35-34-22-8-10-23(11-9-22)41-12-13-42-28-15-19(2)31(37)26-7-5-4-6-25(26)28/h4-11,14-17,37-38H,12-13H2,1-3H3,(H,33,36)(H,39,40). The van der Waals surface area contributed by atoms with E-state index in [2.05, 4.69) is 15.5 Å². The molecule has 1 amide bonds. The Bertz CT molecular complexity index is 1910. The average molecular weight is 600 g/mol. The van der Waals surface area contributed by atoms with Crippen LogP contribution in [0.25, 0.3) is 21.5 Å². The van der Waals surface area contributed by atoms with Crippen molar-refractivity contribution in [3.05, 3.63) is 83.9 Å². The van der Waals surface area contributed by atoms with Crippen molar-refractivity contribution in [2.24, 2.45) is 10.2 Å². The number of fused-ring (bicyclic) bond motifs is 2. The van der Waals surface area contributed by atoms with Crippen LogP contribution in [0.15, 0.2) is 87.9 Å². The number of carbonyl (C=O) groups excluding carboxylic acids is 1. The molecule has 0 heterocycles. The third-order valence-electron chi connectivity index (χ3n) is 6.74. The topological polar surface area (TPSA) is 150 Å². The normalized spacial score (nSPS) is 12.1. The molecule has 1 atom stereocenters. The van der Waals surface area contributed by atoms with Crippen molar-refractivity contribution in [2.45, 2.75) is 25.7 Å². The Labute approximate surface area is 249 Å². The van der Waals surface area contributed by atoms with Gasteiger partial charge in [0.1, 0.15) is 36.1 Å². The van der Waals surface area contributed by atoms with E-state index >= 15 is 0 Å². The molecule has 5 aromatic rings. The van der Waals surface area contributed by atoms with Crippen molar-refractivity contribution < 1.29 is 33.2 Å². The molecule has 0 radical (unpaired) electrons. The molecule has 0 aliphatic heterocycles. The first kappa shape index (κ1) is 29.5. The van der Waals surface area contributed by atoms with Gasteiger partial charge in [-0.3, -0.25) is 4.79 Å². The van der Waals surface area contributed by atoms with E-state index in [1.54, 1.807) is 37.3 Å². The van der Waals surface area contributed by atoms with E-state index in [0.29, 0.717) is 41.3 Å². The van der Waals surface area contributed by atoms with Crippen molar-refractivity contribution in [1.29, 1.82) is 0 Å². The predicted octanol–water partition coefficient (Wildman–Crippen LogP) is 7.43. The smallest absolute Gasteiger partial charge is 0.221 e. The molecule has 0 aromatic heterocycles. The van der Waals surface area contributed by atoms with Crippen LogP contribution >= 0.6 is 0 Å². The maximum absolute atomic E-state index is 11.8. The second-order valence-corrected chi connectivity index (χ2v) is 10.8. The summed E-state index contributed by atoms with van der Waals surface area (Å²) < 4.78 is 33.0. The second-order valence-electron chi connectivity index (χ2n) is 9.87. The predicted molar refractivity (Wildman–Crippen MR) is 166 cm³/mol. The minimum absolute atomic E-state index is 0.0854. The number of phenols is 2. The molecule has 11 heteroatoms. The molecule has 220 valence electrons. The quantitative estimate of drug-likeness (QED) is 0.0781. The summed E-state index contributed by atoms with van der Waals surface area (Å²) in [5, 5.41) is 34.8. The highest BCUT2D eigenvalue weighted by atomic mass is 32.2. The lowest BCUT2D eigenvalue weighted by Crippen LogP contribution is -2.09. The number of amides is 1. The maximum atomic E-state index is 11.8. The second kappa shape index (κ2) is 12.5. The van der Waals surface area contributed by atoms with Crippen molar-refractivity contribution in [3.63, 3.8) is 0 Å². The van der Waals surface area contributed by atoms with Gasteiger partial charge in [-0.1, -0.05) is 24.3 Å². The summed E-state index contributed by atoms with van der Waals surface area (Å²) in [5.74, 6) is 0.909. The summed E-state index contributed by atoms with van der Waals surface area (Å²) >= 11 is -2.28. The Kier molecular flexibility index (Phi) is 8.56. The van der Waals surface area contributed by atoms with E-state index < -0.39 is 17.0 Å². The fourth-order valence-electron chi connectivity index (χ4n) is 4.74. The summed E-state index contributed by atoms with van der Waals surface area (Å²) in [7, 11) is 0. The van der Waals surface area contributed by atoms with Crippen LogP contribution in [0.4, 0.5) is 17.1 Å². The van der Waals surface area contributed by atoms with Gasteiger partial charge in [-0.2, -0.15) is 5.11 Å². The third kappa shape index (κ3) is 6.42. The molecule has 10 nitrogen and oxygen atoms in total. The number of rotatable bonds is 9. The Balaban J connectivity index is 1.28. The SMILES string of the molecule is CC(=O)Nc1cc(S(=O)O)cc2cc(C)c(N=Nc3ccc(OCCOc4cc(C)c(O)c5ccccc45)cc3)c(O)c12. The first-order valence-electron chi connectivity index (χ1n) is 13.3. The molecule has 5 aromatic carbocycles. The fourth-order valence-corrected chi connectivity index (χ4v) is 5.19. The molecular formula is C32H29N3O7S. The minimum atomic E-state index is -2.28. The average Bonchev–Trinajstić information content (AvgIpc) is 2.97. The molecule has 0 aliphatic carbocycles. The van der Waals surface area contributed by atoms with Crippen molar-refractivity contribution in [1.82, 2.24) is 0 Å². The van der Waals surface area contributed by atoms with E-state index in [-0.39, 0.29) is 33.2 Å². The van der Waals surface area contributed by atoms with Gasteiger partial charge in [-0.15, -0.1) is 5.11 Å². The Morgan fingerprint density at radius 3 is 2.26 bits per heavy atom. The van der Waals surface area contributed by atoms with Crippen LogP contribution < -0.4 is 14.8 Å². The summed E-state index contributed by atoms with van der Waals surface area (Å²) in [5.41, 5.74) is 2.22. The molecule has 4 N–H and O–H groups in total. The van der Waals surface area contributed by atoms with Crippen LogP contribution in [0.1, 0.15) is 18.1 Å². The number of anilines is 1. The number of aryl methyl sites for hydroxylation is 2. The Hall–Kier alpha value is -5.00. The van der Waals surface area contributed by atoms with Gasteiger partial charge in [0, 0.05) is 23.1 Å². The van der Waals surface area contributed by atoms with E-state index in [1.165, 1.54) is 19.1 Å². The lowest BCUT2D eigenvalue weighted by Gasteiger charge is -2.13. The van der Waals surface area contributed by atoms with Gasteiger partial charge in [0.05, 0.1) is 16.3 Å². The van der Waals surface area contributed by atoms with Gasteiger partial charge in [0.25, 0.3) is 0 Å². The van der Waals surface area contributed by atoms with Crippen molar-refractivity contribution in [3.8, 4) is 23.0 Å². The lowest BCUT2D eigenvalue weighted by molar-refractivity contribution is -0.114. The molecule has 0 saturated heterocycles. The Morgan fingerprint density at radius 2 is 1.56 bits per heavy atom. The number of hydrogen-bond donors (Lipinski definition) is 4. The molecule has 0 spiro atoms. The zero-order chi connectivity index (χ0) is 30.7. The number of azo groups is 1. The van der Waals surface area contributed by atoms with Crippen molar-refractivity contribution >= 4 is 55.6 Å². The maximum Gasteiger partial charge on any atom is 0.221 e. The Morgan fingerprint density at radius 1 is 0.860 bits per heavy atom. The van der Waals surface area contributed by atoms with Crippen LogP contribution in [0.3, 0.4) is 0 Å². The monoisotopic (exact) mass is 599 g/mol. The summed E-state index contributed by atoms with van der Waals surface area (Å²) in [6, 6.07) is 20.8. The first-order valence-corrected chi connectivity index (χ1v) is 14.4. The van der Waals surface area contributed by atoms with Gasteiger partial charge < -0.3 is 29.6 Å². The number of hydrogen-bond acceptors (Lipinski definition) is 8. The number of phenolic OH excluding ortho intramolecular Hbond substituents is 2. The molecule has 43 heavy (non-hydrogen) atoms. The van der Waals surface area contributed by atoms with E-state index in [1.807, 2.05) is 37.3 Å². The molecule has 0 saturated carbocycles. The molecule has 0 bridgehead atoms. The van der Waals surface area contributed by atoms with E-state index in [9.17, 15) is 23.8 Å². The van der Waals surface area contributed by atoms with Crippen molar-refractivity contribution in [2.75, 3.05) is 18.5 Å². The fraction of sp³-hybridized carbons (Fsp3) is 0.156. The molecular weight excluding hydrogens is 570 g/mol. The van der Waals surface area contributed by atoms with Crippen LogP contribution in [-0.4, -0.2) is 38.1 Å². The van der Waals surface area contributed by atoms with Crippen LogP contribution in [0, 0.1) is 13.8 Å². The summed E-state index contributed by atoms with van der Waals surface area (Å²) in [4.78, 5) is 11.8. The first-order chi connectivity index (χ1) is 20.6. The highest BCUT2D eigenvalue weighted by molar-refractivity contribution is 7.79. The van der Waals surface area contributed by atoms with E-state index in [4.69, 9.17) is 9.47 Å². The van der Waals surface area contributed by atoms with Gasteiger partial charge in [0.2, 0.25) is 5.91 Å². The molecule has 5 rings (SSSR count). The number of aromatic hydroxyl groups is 2. The number of nitrogens with one attached hydrogen (secondary N) is 1. The number of nitrogens with zero attached hydrogens (tertiary/aromatic N) is 2. The van der Waals surface area contributed by atoms with Gasteiger partial charge >= 0.3 is 0 Å². The van der Waals surface area contributed by atoms with Gasteiger partial charge in [-0.05, 0) is 78.9 Å². The minimum Gasteiger partial charge on any atom is -0.507 e. The summed E-state index contributed by atoms with van der Waals surface area (Å²) in [6.07, 6.45) is 0. The van der Waals surface area contributed by atoms with Crippen LogP contribution in [-0.2, 0) is 15.9 Å². The molecule has 0 fully saturated rings. The zero-order valence-electron chi connectivity index (χ0n) is 23.6. The lowest BCUT2D eigenvalue weighted by atomic mass is 10.0.